The second-order valence-electron chi connectivity index (χ2n) is 0.539. The summed E-state index contributed by atoms with van der Waals surface area (Å²) in [6, 6.07) is 0. The van der Waals surface area contributed by atoms with Gasteiger partial charge in [-0.1, -0.05) is 0 Å². The van der Waals surface area contributed by atoms with Crippen LogP contribution in [0.5, 0.6) is 0 Å². The van der Waals surface area contributed by atoms with E-state index in [0.29, 0.717) is 12.8 Å². The maximum absolute atomic E-state index is 6.33. The van der Waals surface area contributed by atoms with Crippen molar-refractivity contribution in [2.45, 2.75) is 12.8 Å². The van der Waals surface area contributed by atoms with Crippen molar-refractivity contribution in [3.63, 3.8) is 0 Å². The molecule has 0 nitrogen and oxygen atoms in total. The molecule has 0 aliphatic rings. The Bertz CT molecular complexity index is 2.00. The zero-order valence-electron chi connectivity index (χ0n) is 2.49. The van der Waals surface area contributed by atoms with E-state index in [9.17, 15) is 0 Å². The summed E-state index contributed by atoms with van der Waals surface area (Å²) in [5.41, 5.74) is 0. The van der Waals surface area contributed by atoms with Gasteiger partial charge in [0.15, 0.2) is 0 Å². The quantitative estimate of drug-likeness (QED) is 0.419. The van der Waals surface area contributed by atoms with Gasteiger partial charge < -0.3 is 0 Å². The van der Waals surface area contributed by atoms with E-state index in [1.54, 1.807) is 0 Å². The third-order valence-corrected chi connectivity index (χ3v) is 0.144. The summed E-state index contributed by atoms with van der Waals surface area (Å²) in [4.78, 5) is 0. The Morgan fingerprint density at radius 1 is 1.75 bits per heavy atom. The molecule has 0 saturated carbocycles. The molecule has 0 aliphatic carbocycles. The van der Waals surface area contributed by atoms with Crippen molar-refractivity contribution in [1.82, 2.24) is 0 Å². The first-order valence-corrected chi connectivity index (χ1v) is 1.26. The smallest absolute Gasteiger partial charge is 0.00935 e. The minimum absolute atomic E-state index is 0.347. The van der Waals surface area contributed by atoms with Crippen molar-refractivity contribution >= 4 is 0 Å². The minimum Gasteiger partial charge on any atom is -0.0493 e. The molecule has 0 saturated heterocycles. The zero-order chi connectivity index (χ0) is 3.41. The molecule has 0 heteroatoms. The Morgan fingerprint density at radius 2 is 2.00 bits per heavy atom. The van der Waals surface area contributed by atoms with Crippen molar-refractivity contribution < 1.29 is 0 Å². The molecule has 0 rings (SSSR count). The summed E-state index contributed by atoms with van der Waals surface area (Å²) in [7, 11) is 0. The van der Waals surface area contributed by atoms with Crippen molar-refractivity contribution in [2.75, 3.05) is 0 Å². The van der Waals surface area contributed by atoms with Gasteiger partial charge >= 0.3 is 0 Å². The van der Waals surface area contributed by atoms with E-state index in [0.717, 1.165) is 0 Å². The molecule has 0 spiro atoms. The molecular formula is C4H5. The topological polar surface area (TPSA) is 0 Å². The van der Waals surface area contributed by atoms with Crippen LogP contribution in [0.1, 0.15) is 12.8 Å². The second kappa shape index (κ2) is 3.00. The van der Waals surface area contributed by atoms with Gasteiger partial charge in [0, 0.05) is 0 Å². The maximum atomic E-state index is 6.33. The van der Waals surface area contributed by atoms with Crippen LogP contribution in [0.3, 0.4) is 0 Å². The van der Waals surface area contributed by atoms with Gasteiger partial charge in [-0.15, -0.1) is 0 Å². The predicted molar refractivity (Wildman–Crippen MR) is 16.8 cm³/mol. The Hall–Kier alpha value is 0. The van der Waals surface area contributed by atoms with E-state index >= 15 is 0 Å². The molecule has 0 aromatic heterocycles. The highest BCUT2D eigenvalue weighted by molar-refractivity contribution is 4.38. The molecule has 0 heterocycles. The number of hydrogen-bond acceptors (Lipinski definition) is 0. The van der Waals surface area contributed by atoms with Gasteiger partial charge in [0.1, 0.15) is 0 Å². The number of rotatable bonds is 1. The van der Waals surface area contributed by atoms with E-state index in [1.807, 2.05) is 0 Å². The Kier molecular flexibility index (Phi) is 3.00. The molecule has 0 unspecified atom stereocenters. The predicted octanol–water partition coefficient (Wildman–Crippen LogP) is 1.07. The first kappa shape index (κ1) is 4.00. The molecule has 0 aromatic carbocycles. The van der Waals surface area contributed by atoms with Crippen LogP contribution in [0.15, 0.2) is 0 Å². The SMILES string of the molecule is [C]CC[CH]. The van der Waals surface area contributed by atoms with Gasteiger partial charge in [-0.2, -0.15) is 0 Å². The highest BCUT2D eigenvalue weighted by Crippen LogP contribution is 1.75. The van der Waals surface area contributed by atoms with Crippen molar-refractivity contribution in [3.8, 4) is 0 Å². The fourth-order valence-electron chi connectivity index (χ4n) is 0. The highest BCUT2D eigenvalue weighted by atomic mass is 13.6. The van der Waals surface area contributed by atoms with Gasteiger partial charge in [0.2, 0.25) is 0 Å². The van der Waals surface area contributed by atoms with Crippen LogP contribution in [-0.2, 0) is 0 Å². The molecule has 0 aliphatic heterocycles. The van der Waals surface area contributed by atoms with E-state index in [1.165, 1.54) is 0 Å². The van der Waals surface area contributed by atoms with Crippen LogP contribution in [-0.4, -0.2) is 0 Å². The Morgan fingerprint density at radius 3 is 2.00 bits per heavy atom. The van der Waals surface area contributed by atoms with Crippen LogP contribution < -0.4 is 0 Å². The lowest BCUT2D eigenvalue weighted by Gasteiger charge is -1.66. The van der Waals surface area contributed by atoms with Crippen LogP contribution in [0.4, 0.5) is 0 Å². The minimum atomic E-state index is 0.347. The lowest BCUT2D eigenvalue weighted by atomic mass is 10.4. The monoisotopic (exact) mass is 53.0 g/mol. The maximum Gasteiger partial charge on any atom is -0.00935 e. The number of hydrogen-bond donors (Lipinski definition) is 0. The van der Waals surface area contributed by atoms with Crippen molar-refractivity contribution in [1.29, 1.82) is 0 Å². The zero-order valence-corrected chi connectivity index (χ0v) is 2.49. The van der Waals surface area contributed by atoms with Crippen LogP contribution in [0.25, 0.3) is 0 Å². The second-order valence-corrected chi connectivity index (χ2v) is 0.539. The van der Waals surface area contributed by atoms with Gasteiger partial charge in [-0.05, 0) is 26.7 Å². The molecule has 4 heavy (non-hydrogen) atoms. The average Bonchev–Trinajstić information content (AvgIpc) is 1.37. The van der Waals surface area contributed by atoms with Gasteiger partial charge in [0.05, 0.1) is 0 Å². The molecule has 0 atom stereocenters. The standard InChI is InChI=1S/C4H5/c1-3-4-2/h1H,3-4H2. The Balaban J connectivity index is 1.97. The molecule has 0 aromatic rings. The summed E-state index contributed by atoms with van der Waals surface area (Å²) in [5, 5.41) is 0. The van der Waals surface area contributed by atoms with E-state index in [4.69, 9.17) is 13.8 Å². The van der Waals surface area contributed by atoms with Gasteiger partial charge in [0.25, 0.3) is 0 Å². The third kappa shape index (κ3) is 2.00. The van der Waals surface area contributed by atoms with Gasteiger partial charge in [-0.25, -0.2) is 0 Å². The molecule has 0 bridgehead atoms. The van der Waals surface area contributed by atoms with E-state index < -0.39 is 0 Å². The summed E-state index contributed by atoms with van der Waals surface area (Å²) in [6.45, 7) is 11.2. The molecule has 21 valence electrons. The van der Waals surface area contributed by atoms with Crippen LogP contribution >= 0.6 is 0 Å². The summed E-state index contributed by atoms with van der Waals surface area (Å²) < 4.78 is 0. The van der Waals surface area contributed by atoms with Crippen molar-refractivity contribution in [2.24, 2.45) is 0 Å². The van der Waals surface area contributed by atoms with E-state index in [-0.39, 0.29) is 0 Å². The fraction of sp³-hybridized carbons (Fsp3) is 0.500. The summed E-state index contributed by atoms with van der Waals surface area (Å²) >= 11 is 0. The first-order valence-electron chi connectivity index (χ1n) is 1.26. The highest BCUT2D eigenvalue weighted by Gasteiger charge is 1.58. The summed E-state index contributed by atoms with van der Waals surface area (Å²) in [6.07, 6.45) is 0.833. The third-order valence-electron chi connectivity index (χ3n) is 0.144. The fourth-order valence-corrected chi connectivity index (χ4v) is 0. The normalized spacial score (nSPS) is 7.50. The van der Waals surface area contributed by atoms with Gasteiger partial charge in [-0.3, -0.25) is 0 Å². The van der Waals surface area contributed by atoms with Crippen LogP contribution in [0.2, 0.25) is 0 Å². The molecule has 0 N–H and O–H groups in total. The molecular weight excluding hydrogens is 48.0 g/mol. The lowest BCUT2D eigenvalue weighted by Crippen LogP contribution is -1.49. The molecule has 0 fully saturated rings. The average molecular weight is 53.1 g/mol. The number of unbranched alkanes of at least 4 members (excludes halogenated alkanes) is 1. The summed E-state index contributed by atoms with van der Waals surface area (Å²) in [5.74, 6) is 0. The largest absolute Gasteiger partial charge is 0.0493 e. The van der Waals surface area contributed by atoms with Crippen molar-refractivity contribution in [3.05, 3.63) is 13.8 Å². The lowest BCUT2D eigenvalue weighted by molar-refractivity contribution is 1.05. The molecule has 5 radical (unpaired) electrons. The van der Waals surface area contributed by atoms with Crippen LogP contribution in [0, 0.1) is 13.8 Å². The van der Waals surface area contributed by atoms with E-state index in [2.05, 4.69) is 0 Å². The molecule has 0 amide bonds. The first-order chi connectivity index (χ1) is 1.91. The Labute approximate surface area is 27.8 Å².